The summed E-state index contributed by atoms with van der Waals surface area (Å²) < 4.78 is 5.24. The second kappa shape index (κ2) is 1.96. The lowest BCUT2D eigenvalue weighted by atomic mass is 10.2. The summed E-state index contributed by atoms with van der Waals surface area (Å²) in [5.74, 6) is 2.11. The molecule has 0 bridgehead atoms. The first-order valence-corrected chi connectivity index (χ1v) is 3.62. The van der Waals surface area contributed by atoms with Crippen molar-refractivity contribution in [1.82, 2.24) is 0 Å². The van der Waals surface area contributed by atoms with Crippen LogP contribution in [0.4, 0.5) is 0 Å². The van der Waals surface area contributed by atoms with Gasteiger partial charge in [-0.15, -0.1) is 0 Å². The van der Waals surface area contributed by atoms with Gasteiger partial charge in [-0.2, -0.15) is 0 Å². The summed E-state index contributed by atoms with van der Waals surface area (Å²) in [6.07, 6.45) is 1.18. The summed E-state index contributed by atoms with van der Waals surface area (Å²) >= 11 is 0. The summed E-state index contributed by atoms with van der Waals surface area (Å²) in [6, 6.07) is 0. The van der Waals surface area contributed by atoms with E-state index in [-0.39, 0.29) is 0 Å². The van der Waals surface area contributed by atoms with Crippen molar-refractivity contribution in [3.8, 4) is 0 Å². The molecule has 9 heavy (non-hydrogen) atoms. The van der Waals surface area contributed by atoms with Gasteiger partial charge in [-0.25, -0.2) is 0 Å². The van der Waals surface area contributed by atoms with Crippen LogP contribution in [0.25, 0.3) is 0 Å². The van der Waals surface area contributed by atoms with Crippen LogP contribution in [0.15, 0.2) is 0 Å². The molecule has 3 atom stereocenters. The molecular weight excluding hydrogens is 116 g/mol. The molecule has 1 saturated heterocycles. The molecule has 0 amide bonds. The third kappa shape index (κ3) is 0.775. The molecule has 0 aromatic heterocycles. The van der Waals surface area contributed by atoms with E-state index in [0.29, 0.717) is 18.4 Å². The summed E-state index contributed by atoms with van der Waals surface area (Å²) in [7, 11) is 0. The van der Waals surface area contributed by atoms with E-state index in [0.717, 1.165) is 19.1 Å². The number of rotatable bonds is 1. The lowest BCUT2D eigenvalue weighted by Crippen LogP contribution is -2.07. The Morgan fingerprint density at radius 1 is 1.44 bits per heavy atom. The molecule has 2 rings (SSSR count). The average Bonchev–Trinajstić information content (AvgIpc) is 2.60. The maximum absolute atomic E-state index is 8.78. The smallest absolute Gasteiger partial charge is 0.0500 e. The van der Waals surface area contributed by atoms with E-state index in [1.165, 1.54) is 6.42 Å². The molecule has 1 heterocycles. The van der Waals surface area contributed by atoms with Gasteiger partial charge >= 0.3 is 0 Å². The van der Waals surface area contributed by atoms with E-state index in [2.05, 4.69) is 0 Å². The molecule has 2 nitrogen and oxygen atoms in total. The highest BCUT2D eigenvalue weighted by Gasteiger charge is 2.50. The standard InChI is InChI=1S/C7H12O2/c8-3-6-5-1-2-9-4-7(5)6/h5-8H,1-4H2. The molecule has 2 fully saturated rings. The SMILES string of the molecule is OCC1C2CCOCC12. The van der Waals surface area contributed by atoms with Gasteiger partial charge in [0.2, 0.25) is 0 Å². The monoisotopic (exact) mass is 128 g/mol. The summed E-state index contributed by atoms with van der Waals surface area (Å²) in [6.45, 7) is 2.19. The Kier molecular flexibility index (Phi) is 1.24. The van der Waals surface area contributed by atoms with Gasteiger partial charge in [0.1, 0.15) is 0 Å². The predicted molar refractivity (Wildman–Crippen MR) is 33.0 cm³/mol. The van der Waals surface area contributed by atoms with Crippen molar-refractivity contribution in [2.45, 2.75) is 6.42 Å². The molecule has 3 unspecified atom stereocenters. The Hall–Kier alpha value is -0.0800. The summed E-state index contributed by atoms with van der Waals surface area (Å²) in [4.78, 5) is 0. The van der Waals surface area contributed by atoms with Gasteiger partial charge in [0.15, 0.2) is 0 Å². The van der Waals surface area contributed by atoms with E-state index >= 15 is 0 Å². The van der Waals surface area contributed by atoms with Gasteiger partial charge in [-0.3, -0.25) is 0 Å². The molecule has 2 heteroatoms. The van der Waals surface area contributed by atoms with Gasteiger partial charge in [-0.1, -0.05) is 0 Å². The van der Waals surface area contributed by atoms with Crippen molar-refractivity contribution in [3.05, 3.63) is 0 Å². The highest BCUT2D eigenvalue weighted by atomic mass is 16.5. The van der Waals surface area contributed by atoms with Crippen molar-refractivity contribution >= 4 is 0 Å². The fraction of sp³-hybridized carbons (Fsp3) is 1.00. The van der Waals surface area contributed by atoms with Crippen molar-refractivity contribution in [1.29, 1.82) is 0 Å². The van der Waals surface area contributed by atoms with Crippen molar-refractivity contribution in [2.75, 3.05) is 19.8 Å². The number of aliphatic hydroxyl groups excluding tert-OH is 1. The molecule has 1 saturated carbocycles. The minimum absolute atomic E-state index is 0.374. The van der Waals surface area contributed by atoms with E-state index < -0.39 is 0 Å². The minimum Gasteiger partial charge on any atom is -0.396 e. The first kappa shape index (κ1) is 5.69. The third-order valence-electron chi connectivity index (χ3n) is 2.63. The normalized spacial score (nSPS) is 48.3. The molecular formula is C7H12O2. The lowest BCUT2D eigenvalue weighted by molar-refractivity contribution is 0.0880. The van der Waals surface area contributed by atoms with Gasteiger partial charge < -0.3 is 9.84 Å². The molecule has 0 spiro atoms. The Balaban J connectivity index is 1.91. The molecule has 1 N–H and O–H groups in total. The predicted octanol–water partition coefficient (Wildman–Crippen LogP) is 0.261. The van der Waals surface area contributed by atoms with Crippen LogP contribution in [0.1, 0.15) is 6.42 Å². The first-order chi connectivity index (χ1) is 4.43. The maximum Gasteiger partial charge on any atom is 0.0500 e. The van der Waals surface area contributed by atoms with Crippen molar-refractivity contribution in [3.63, 3.8) is 0 Å². The van der Waals surface area contributed by atoms with Crippen molar-refractivity contribution in [2.24, 2.45) is 17.8 Å². The summed E-state index contributed by atoms with van der Waals surface area (Å²) in [5.41, 5.74) is 0. The Morgan fingerprint density at radius 2 is 2.33 bits per heavy atom. The van der Waals surface area contributed by atoms with Gasteiger partial charge in [0.05, 0.1) is 6.61 Å². The number of fused-ring (bicyclic) bond motifs is 1. The molecule has 0 aromatic carbocycles. The number of aliphatic hydroxyl groups is 1. The van der Waals surface area contributed by atoms with Gasteiger partial charge in [0.25, 0.3) is 0 Å². The maximum atomic E-state index is 8.78. The first-order valence-electron chi connectivity index (χ1n) is 3.62. The van der Waals surface area contributed by atoms with E-state index in [4.69, 9.17) is 9.84 Å². The van der Waals surface area contributed by atoms with Crippen LogP contribution in [0.5, 0.6) is 0 Å². The number of ether oxygens (including phenoxy) is 1. The molecule has 1 aliphatic carbocycles. The van der Waals surface area contributed by atoms with Gasteiger partial charge in [-0.05, 0) is 24.2 Å². The Morgan fingerprint density at radius 3 is 2.89 bits per heavy atom. The molecule has 2 aliphatic rings. The molecule has 1 aliphatic heterocycles. The fourth-order valence-corrected chi connectivity index (χ4v) is 1.91. The van der Waals surface area contributed by atoms with Crippen LogP contribution in [0, 0.1) is 17.8 Å². The zero-order chi connectivity index (χ0) is 6.27. The molecule has 52 valence electrons. The zero-order valence-electron chi connectivity index (χ0n) is 5.42. The number of hydrogen-bond acceptors (Lipinski definition) is 2. The van der Waals surface area contributed by atoms with E-state index in [1.54, 1.807) is 0 Å². The molecule has 0 radical (unpaired) electrons. The van der Waals surface area contributed by atoms with E-state index in [9.17, 15) is 0 Å². The van der Waals surface area contributed by atoms with Crippen molar-refractivity contribution < 1.29 is 9.84 Å². The van der Waals surface area contributed by atoms with Crippen LogP contribution >= 0.6 is 0 Å². The minimum atomic E-state index is 0.374. The average molecular weight is 128 g/mol. The second-order valence-electron chi connectivity index (χ2n) is 3.04. The lowest BCUT2D eigenvalue weighted by Gasteiger charge is -2.07. The Bertz CT molecular complexity index is 94.7. The summed E-state index contributed by atoms with van der Waals surface area (Å²) in [5, 5.41) is 8.78. The highest BCUT2D eigenvalue weighted by molar-refractivity contribution is 4.97. The van der Waals surface area contributed by atoms with Gasteiger partial charge in [0, 0.05) is 13.2 Å². The Labute approximate surface area is 54.8 Å². The second-order valence-corrected chi connectivity index (χ2v) is 3.04. The van der Waals surface area contributed by atoms with Crippen LogP contribution in [-0.2, 0) is 4.74 Å². The van der Waals surface area contributed by atoms with Crippen LogP contribution in [-0.4, -0.2) is 24.9 Å². The van der Waals surface area contributed by atoms with Crippen LogP contribution in [0.2, 0.25) is 0 Å². The quantitative estimate of drug-likeness (QED) is 0.549. The van der Waals surface area contributed by atoms with Crippen LogP contribution in [0.3, 0.4) is 0 Å². The number of hydrogen-bond donors (Lipinski definition) is 1. The third-order valence-corrected chi connectivity index (χ3v) is 2.63. The topological polar surface area (TPSA) is 29.5 Å². The molecule has 0 aromatic rings. The highest BCUT2D eigenvalue weighted by Crippen LogP contribution is 2.50. The van der Waals surface area contributed by atoms with E-state index in [1.807, 2.05) is 0 Å². The largest absolute Gasteiger partial charge is 0.396 e. The fourth-order valence-electron chi connectivity index (χ4n) is 1.91. The zero-order valence-corrected chi connectivity index (χ0v) is 5.42. The van der Waals surface area contributed by atoms with Crippen LogP contribution < -0.4 is 0 Å².